The van der Waals surface area contributed by atoms with Crippen LogP contribution in [-0.4, -0.2) is 4.98 Å². The number of aromatic nitrogens is 1. The van der Waals surface area contributed by atoms with E-state index in [1.54, 1.807) is 6.20 Å². The molecule has 1 aromatic heterocycles. The Bertz CT molecular complexity index is 191. The van der Waals surface area contributed by atoms with Crippen molar-refractivity contribution >= 4 is 5.82 Å². The number of rotatable bonds is 3. The highest BCUT2D eigenvalue weighted by atomic mass is 14.8. The minimum absolute atomic E-state index is 0.327. The number of hydrogen-bond donors (Lipinski definition) is 1. The standard InChI is InChI=1S/C8H12N2/c1-2-3-4-7-5-6-10-8(7)9/h5-6,10H,2-4H2,1H3. The number of H-pyrrole nitrogens is 1. The lowest BCUT2D eigenvalue weighted by atomic mass is 10.1. The predicted octanol–water partition coefficient (Wildman–Crippen LogP) is 2.06. The van der Waals surface area contributed by atoms with Gasteiger partial charge in [0.1, 0.15) is 0 Å². The molecule has 0 spiro atoms. The van der Waals surface area contributed by atoms with Gasteiger partial charge in [0.15, 0.2) is 5.82 Å². The average Bonchev–Trinajstić information content (AvgIpc) is 2.31. The van der Waals surface area contributed by atoms with Gasteiger partial charge in [0.2, 0.25) is 0 Å². The zero-order valence-corrected chi connectivity index (χ0v) is 6.22. The van der Waals surface area contributed by atoms with Gasteiger partial charge in [-0.2, -0.15) is 0 Å². The van der Waals surface area contributed by atoms with Gasteiger partial charge in [-0.1, -0.05) is 13.3 Å². The van der Waals surface area contributed by atoms with Gasteiger partial charge in [-0.05, 0) is 24.5 Å². The Hall–Kier alpha value is -0.920. The van der Waals surface area contributed by atoms with Crippen molar-refractivity contribution in [2.24, 2.45) is 0 Å². The number of nitrogens with one attached hydrogen (secondary N) is 1. The van der Waals surface area contributed by atoms with Crippen molar-refractivity contribution < 1.29 is 0 Å². The Morgan fingerprint density at radius 2 is 2.40 bits per heavy atom. The summed E-state index contributed by atoms with van der Waals surface area (Å²) in [6.45, 7) is 2.14. The summed E-state index contributed by atoms with van der Waals surface area (Å²) in [6.07, 6.45) is 5.06. The van der Waals surface area contributed by atoms with Gasteiger partial charge in [-0.3, -0.25) is 0 Å². The van der Waals surface area contributed by atoms with Gasteiger partial charge in [0.25, 0.3) is 0 Å². The lowest BCUT2D eigenvalue weighted by molar-refractivity contribution is 0.795. The van der Waals surface area contributed by atoms with Crippen molar-refractivity contribution in [3.8, 4) is 0 Å². The number of nitrogens with zero attached hydrogens (tertiary/aromatic N) is 1. The third-order valence-electron chi connectivity index (χ3n) is 1.61. The van der Waals surface area contributed by atoms with Gasteiger partial charge in [-0.25, -0.2) is 0 Å². The minimum Gasteiger partial charge on any atom is -0.345 e. The zero-order chi connectivity index (χ0) is 7.40. The predicted molar refractivity (Wildman–Crippen MR) is 41.2 cm³/mol. The van der Waals surface area contributed by atoms with E-state index in [0.29, 0.717) is 5.82 Å². The Morgan fingerprint density at radius 1 is 1.60 bits per heavy atom. The van der Waals surface area contributed by atoms with Crippen LogP contribution in [0.2, 0.25) is 0 Å². The van der Waals surface area contributed by atoms with Crippen LogP contribution in [0.15, 0.2) is 12.3 Å². The first-order chi connectivity index (χ1) is 4.84. The molecule has 0 fully saturated rings. The van der Waals surface area contributed by atoms with Crippen molar-refractivity contribution in [1.29, 1.82) is 0 Å². The molecule has 1 aromatic rings. The molecular formula is C8H12N2. The molecule has 2 radical (unpaired) electrons. The average molecular weight is 136 g/mol. The molecule has 10 heavy (non-hydrogen) atoms. The molecule has 1 rings (SSSR count). The van der Waals surface area contributed by atoms with E-state index in [9.17, 15) is 0 Å². The second-order valence-corrected chi connectivity index (χ2v) is 2.46. The van der Waals surface area contributed by atoms with E-state index in [1.807, 2.05) is 6.07 Å². The first-order valence-electron chi connectivity index (χ1n) is 3.69. The van der Waals surface area contributed by atoms with E-state index >= 15 is 0 Å². The second kappa shape index (κ2) is 3.30. The topological polar surface area (TPSA) is 38.1 Å². The molecule has 0 aliphatic heterocycles. The summed E-state index contributed by atoms with van der Waals surface area (Å²) >= 11 is 0. The summed E-state index contributed by atoms with van der Waals surface area (Å²) in [4.78, 5) is 2.73. The molecule has 0 saturated heterocycles. The molecule has 0 aliphatic carbocycles. The molecule has 0 saturated carbocycles. The first kappa shape index (κ1) is 7.19. The van der Waals surface area contributed by atoms with Crippen LogP contribution in [0.5, 0.6) is 0 Å². The van der Waals surface area contributed by atoms with Crippen molar-refractivity contribution in [3.05, 3.63) is 17.8 Å². The Balaban J connectivity index is 2.49. The third-order valence-corrected chi connectivity index (χ3v) is 1.61. The van der Waals surface area contributed by atoms with Gasteiger partial charge >= 0.3 is 0 Å². The fourth-order valence-electron chi connectivity index (χ4n) is 0.962. The third kappa shape index (κ3) is 1.53. The smallest absolute Gasteiger partial charge is 0.155 e. The summed E-state index contributed by atoms with van der Waals surface area (Å²) in [5.74, 6) is 0.327. The maximum Gasteiger partial charge on any atom is 0.155 e. The van der Waals surface area contributed by atoms with Crippen LogP contribution in [-0.2, 0) is 6.42 Å². The molecule has 2 heteroatoms. The molecule has 1 N–H and O–H groups in total. The highest BCUT2D eigenvalue weighted by Gasteiger charge is 1.98. The fraction of sp³-hybridized carbons (Fsp3) is 0.500. The maximum absolute atomic E-state index is 9.12. The van der Waals surface area contributed by atoms with E-state index in [1.165, 1.54) is 6.42 Å². The molecule has 0 atom stereocenters. The number of aryl methyl sites for hydroxylation is 1. The van der Waals surface area contributed by atoms with Crippen LogP contribution in [0.3, 0.4) is 0 Å². The summed E-state index contributed by atoms with van der Waals surface area (Å²) < 4.78 is 0. The molecule has 1 heterocycles. The number of aromatic amines is 1. The molecule has 2 nitrogen and oxygen atoms in total. The summed E-state index contributed by atoms with van der Waals surface area (Å²) in [5, 5.41) is 0. The molecule has 0 bridgehead atoms. The lowest BCUT2D eigenvalue weighted by Gasteiger charge is -1.93. The first-order valence-corrected chi connectivity index (χ1v) is 3.69. The van der Waals surface area contributed by atoms with Crippen molar-refractivity contribution in [3.63, 3.8) is 0 Å². The minimum atomic E-state index is 0.327. The van der Waals surface area contributed by atoms with Crippen molar-refractivity contribution in [2.45, 2.75) is 26.2 Å². The molecule has 54 valence electrons. The summed E-state index contributed by atoms with van der Waals surface area (Å²) in [7, 11) is 0. The van der Waals surface area contributed by atoms with Crippen LogP contribution >= 0.6 is 0 Å². The van der Waals surface area contributed by atoms with Crippen LogP contribution in [0, 0.1) is 0 Å². The van der Waals surface area contributed by atoms with Gasteiger partial charge < -0.3 is 4.98 Å². The molecule has 0 aromatic carbocycles. The largest absolute Gasteiger partial charge is 0.345 e. The Kier molecular flexibility index (Phi) is 2.37. The van der Waals surface area contributed by atoms with Crippen LogP contribution in [0.4, 0.5) is 5.82 Å². The van der Waals surface area contributed by atoms with E-state index in [2.05, 4.69) is 11.9 Å². The summed E-state index contributed by atoms with van der Waals surface area (Å²) in [5.41, 5.74) is 10.2. The maximum atomic E-state index is 9.12. The SMILES string of the molecule is CCCCc1cc[nH]c1[N]. The molecular weight excluding hydrogens is 124 g/mol. The van der Waals surface area contributed by atoms with Crippen LogP contribution in [0.25, 0.3) is 0 Å². The second-order valence-electron chi connectivity index (χ2n) is 2.46. The zero-order valence-electron chi connectivity index (χ0n) is 6.22. The fourth-order valence-corrected chi connectivity index (χ4v) is 0.962. The highest BCUT2D eigenvalue weighted by Crippen LogP contribution is 2.12. The van der Waals surface area contributed by atoms with Gasteiger partial charge in [0, 0.05) is 6.20 Å². The van der Waals surface area contributed by atoms with Crippen molar-refractivity contribution in [1.82, 2.24) is 10.7 Å². The van der Waals surface area contributed by atoms with E-state index in [0.717, 1.165) is 18.4 Å². The monoisotopic (exact) mass is 136 g/mol. The molecule has 0 unspecified atom stereocenters. The summed E-state index contributed by atoms with van der Waals surface area (Å²) in [6, 6.07) is 1.92. The number of unbranched alkanes of at least 4 members (excludes halogenated alkanes) is 1. The molecule has 0 aliphatic rings. The lowest BCUT2D eigenvalue weighted by Crippen LogP contribution is -1.82. The Morgan fingerprint density at radius 3 is 2.90 bits per heavy atom. The van der Waals surface area contributed by atoms with E-state index < -0.39 is 0 Å². The van der Waals surface area contributed by atoms with Gasteiger partial charge in [-0.15, -0.1) is 5.73 Å². The normalized spacial score (nSPS) is 10.1. The number of hydrogen-bond acceptors (Lipinski definition) is 0. The molecule has 0 amide bonds. The van der Waals surface area contributed by atoms with Crippen LogP contribution < -0.4 is 5.73 Å². The Labute approximate surface area is 61.4 Å². The van der Waals surface area contributed by atoms with Crippen LogP contribution in [0.1, 0.15) is 25.3 Å². The highest BCUT2D eigenvalue weighted by molar-refractivity contribution is 5.35. The van der Waals surface area contributed by atoms with E-state index in [4.69, 9.17) is 5.73 Å². The quantitative estimate of drug-likeness (QED) is 0.660. The van der Waals surface area contributed by atoms with E-state index in [-0.39, 0.29) is 0 Å². The van der Waals surface area contributed by atoms with Gasteiger partial charge in [0.05, 0.1) is 0 Å². The van der Waals surface area contributed by atoms with Crippen molar-refractivity contribution in [2.75, 3.05) is 0 Å².